The van der Waals surface area contributed by atoms with Crippen LogP contribution in [0, 0.1) is 6.92 Å². The van der Waals surface area contributed by atoms with E-state index in [2.05, 4.69) is 10.2 Å². The molecule has 1 unspecified atom stereocenters. The number of rotatable bonds is 3. The highest BCUT2D eigenvalue weighted by Gasteiger charge is 2.42. The van der Waals surface area contributed by atoms with E-state index >= 15 is 0 Å². The molecule has 0 aliphatic carbocycles. The summed E-state index contributed by atoms with van der Waals surface area (Å²) in [6.45, 7) is 3.58. The number of hydrogen-bond donors (Lipinski definition) is 2. The van der Waals surface area contributed by atoms with Crippen LogP contribution >= 0.6 is 0 Å². The van der Waals surface area contributed by atoms with Crippen LogP contribution in [0.4, 0.5) is 5.69 Å². The molecule has 1 saturated heterocycles. The topological polar surface area (TPSA) is 58.4 Å². The van der Waals surface area contributed by atoms with Crippen molar-refractivity contribution in [2.75, 3.05) is 25.5 Å². The number of hydrogen-bond acceptors (Lipinski definition) is 3. The summed E-state index contributed by atoms with van der Waals surface area (Å²) < 4.78 is 0. The van der Waals surface area contributed by atoms with Crippen molar-refractivity contribution >= 4 is 11.6 Å². The first-order chi connectivity index (χ1) is 8.03. The number of benzene rings is 1. The molecular formula is C13H19N3O. The number of nitrogens with zero attached hydrogens (tertiary/aromatic N) is 1. The Morgan fingerprint density at radius 2 is 2.18 bits per heavy atom. The van der Waals surface area contributed by atoms with E-state index in [1.807, 2.05) is 38.2 Å². The second kappa shape index (κ2) is 4.37. The number of para-hydroxylation sites is 1. The number of likely N-dealkylation sites (tertiary alicyclic amines) is 1. The maximum Gasteiger partial charge on any atom is 0.244 e. The van der Waals surface area contributed by atoms with Gasteiger partial charge in [0.05, 0.1) is 0 Å². The number of anilines is 1. The lowest BCUT2D eigenvalue weighted by atomic mass is 9.96. The number of carbonyl (C=O) groups is 1. The van der Waals surface area contributed by atoms with Gasteiger partial charge in [-0.2, -0.15) is 0 Å². The molecule has 92 valence electrons. The molecular weight excluding hydrogens is 214 g/mol. The molecule has 0 saturated carbocycles. The average molecular weight is 233 g/mol. The maximum atomic E-state index is 11.7. The molecule has 4 nitrogen and oxygen atoms in total. The zero-order valence-corrected chi connectivity index (χ0v) is 10.4. The molecule has 1 aromatic carbocycles. The fraction of sp³-hybridized carbons (Fsp3) is 0.462. The highest BCUT2D eigenvalue weighted by atomic mass is 16.1. The molecule has 1 aliphatic heterocycles. The van der Waals surface area contributed by atoms with Gasteiger partial charge in [0.2, 0.25) is 5.91 Å². The summed E-state index contributed by atoms with van der Waals surface area (Å²) in [4.78, 5) is 13.8. The van der Waals surface area contributed by atoms with Gasteiger partial charge in [0.1, 0.15) is 5.54 Å². The number of likely N-dealkylation sites (N-methyl/N-ethyl adjacent to an activating group) is 1. The van der Waals surface area contributed by atoms with Gasteiger partial charge in [-0.25, -0.2) is 0 Å². The second-order valence-corrected chi connectivity index (χ2v) is 4.87. The summed E-state index contributed by atoms with van der Waals surface area (Å²) in [5, 5.41) is 3.34. The Hall–Kier alpha value is -1.55. The van der Waals surface area contributed by atoms with E-state index in [1.165, 1.54) is 0 Å². The molecule has 1 amide bonds. The Morgan fingerprint density at radius 3 is 2.71 bits per heavy atom. The van der Waals surface area contributed by atoms with Crippen LogP contribution in [0.1, 0.15) is 12.0 Å². The van der Waals surface area contributed by atoms with Gasteiger partial charge < -0.3 is 16.0 Å². The van der Waals surface area contributed by atoms with Crippen LogP contribution in [0.3, 0.4) is 0 Å². The van der Waals surface area contributed by atoms with Crippen LogP contribution in [-0.2, 0) is 4.79 Å². The number of primary amides is 1. The molecule has 0 spiro atoms. The maximum absolute atomic E-state index is 11.7. The fourth-order valence-electron chi connectivity index (χ4n) is 2.34. The van der Waals surface area contributed by atoms with Crippen molar-refractivity contribution in [3.63, 3.8) is 0 Å². The van der Waals surface area contributed by atoms with E-state index in [-0.39, 0.29) is 5.91 Å². The molecule has 1 aliphatic rings. The Morgan fingerprint density at radius 1 is 1.47 bits per heavy atom. The third kappa shape index (κ3) is 2.26. The molecule has 0 radical (unpaired) electrons. The van der Waals surface area contributed by atoms with Gasteiger partial charge in [-0.15, -0.1) is 0 Å². The predicted octanol–water partition coefficient (Wildman–Crippen LogP) is 0.967. The summed E-state index contributed by atoms with van der Waals surface area (Å²) in [5.74, 6) is -0.273. The van der Waals surface area contributed by atoms with Gasteiger partial charge >= 0.3 is 0 Å². The Bertz CT molecular complexity index is 432. The number of nitrogens with two attached hydrogens (primary N) is 1. The van der Waals surface area contributed by atoms with Gasteiger partial charge in [-0.1, -0.05) is 18.2 Å². The third-order valence-corrected chi connectivity index (χ3v) is 3.45. The van der Waals surface area contributed by atoms with E-state index in [9.17, 15) is 4.79 Å². The lowest BCUT2D eigenvalue weighted by molar-refractivity contribution is -0.121. The lowest BCUT2D eigenvalue weighted by Crippen LogP contribution is -2.52. The summed E-state index contributed by atoms with van der Waals surface area (Å²) in [7, 11) is 2.00. The van der Waals surface area contributed by atoms with Gasteiger partial charge in [0, 0.05) is 18.8 Å². The number of amides is 1. The smallest absolute Gasteiger partial charge is 0.244 e. The minimum atomic E-state index is -0.624. The molecule has 0 bridgehead atoms. The van der Waals surface area contributed by atoms with Crippen LogP contribution in [0.2, 0.25) is 0 Å². The number of carbonyl (C=O) groups excluding carboxylic acids is 1. The first-order valence-corrected chi connectivity index (χ1v) is 5.86. The van der Waals surface area contributed by atoms with Crippen molar-refractivity contribution < 1.29 is 4.79 Å². The van der Waals surface area contributed by atoms with Crippen LogP contribution < -0.4 is 11.1 Å². The van der Waals surface area contributed by atoms with Gasteiger partial charge in [0.25, 0.3) is 0 Å². The quantitative estimate of drug-likeness (QED) is 0.817. The van der Waals surface area contributed by atoms with Crippen LogP contribution in [0.25, 0.3) is 0 Å². The normalized spacial score (nSPS) is 24.8. The summed E-state index contributed by atoms with van der Waals surface area (Å²) in [6, 6.07) is 7.95. The first-order valence-electron chi connectivity index (χ1n) is 5.86. The summed E-state index contributed by atoms with van der Waals surface area (Å²) >= 11 is 0. The largest absolute Gasteiger partial charge is 0.370 e. The standard InChI is InChI=1S/C13H19N3O/c1-10-5-3-4-6-11(10)15-13(12(14)17)7-8-16(2)9-13/h3-6,15H,7-9H2,1-2H3,(H2,14,17). The fourth-order valence-corrected chi connectivity index (χ4v) is 2.34. The highest BCUT2D eigenvalue weighted by Crippen LogP contribution is 2.26. The van der Waals surface area contributed by atoms with Gasteiger partial charge in [-0.3, -0.25) is 4.79 Å². The average Bonchev–Trinajstić information content (AvgIpc) is 2.65. The summed E-state index contributed by atoms with van der Waals surface area (Å²) in [6.07, 6.45) is 0.757. The molecule has 3 N–H and O–H groups in total. The van der Waals surface area contributed by atoms with Gasteiger partial charge in [0.15, 0.2) is 0 Å². The molecule has 4 heteroatoms. The zero-order valence-electron chi connectivity index (χ0n) is 10.4. The molecule has 1 aromatic rings. The van der Waals surface area contributed by atoms with Crippen molar-refractivity contribution in [2.24, 2.45) is 5.73 Å². The van der Waals surface area contributed by atoms with Crippen LogP contribution in [-0.4, -0.2) is 36.5 Å². The zero-order chi connectivity index (χ0) is 12.5. The Kier molecular flexibility index (Phi) is 3.07. The van der Waals surface area contributed by atoms with Crippen LogP contribution in [0.15, 0.2) is 24.3 Å². The Labute approximate surface area is 102 Å². The van der Waals surface area contributed by atoms with Crippen molar-refractivity contribution in [2.45, 2.75) is 18.9 Å². The van der Waals surface area contributed by atoms with Crippen molar-refractivity contribution in [1.29, 1.82) is 0 Å². The molecule has 0 aromatic heterocycles. The second-order valence-electron chi connectivity index (χ2n) is 4.87. The molecule has 2 rings (SSSR count). The van der Waals surface area contributed by atoms with E-state index in [0.29, 0.717) is 6.54 Å². The molecule has 1 atom stereocenters. The predicted molar refractivity (Wildman–Crippen MR) is 68.8 cm³/mol. The monoisotopic (exact) mass is 233 g/mol. The van der Waals surface area contributed by atoms with E-state index in [4.69, 9.17) is 5.73 Å². The lowest BCUT2D eigenvalue weighted by Gasteiger charge is -2.28. The number of aryl methyl sites for hydroxylation is 1. The van der Waals surface area contributed by atoms with Crippen molar-refractivity contribution in [3.8, 4) is 0 Å². The summed E-state index contributed by atoms with van der Waals surface area (Å²) in [5.41, 5.74) is 7.06. The highest BCUT2D eigenvalue weighted by molar-refractivity contribution is 5.89. The third-order valence-electron chi connectivity index (χ3n) is 3.45. The molecule has 1 heterocycles. The van der Waals surface area contributed by atoms with Gasteiger partial charge in [-0.05, 0) is 32.0 Å². The molecule has 1 fully saturated rings. The minimum Gasteiger partial charge on any atom is -0.370 e. The molecule has 17 heavy (non-hydrogen) atoms. The van der Waals surface area contributed by atoms with Crippen LogP contribution in [0.5, 0.6) is 0 Å². The number of nitrogens with one attached hydrogen (secondary N) is 1. The first kappa shape index (κ1) is 11.9. The van der Waals surface area contributed by atoms with E-state index < -0.39 is 5.54 Å². The van der Waals surface area contributed by atoms with E-state index in [1.54, 1.807) is 0 Å². The SMILES string of the molecule is Cc1ccccc1NC1(C(N)=O)CCN(C)C1. The minimum absolute atomic E-state index is 0.273. The van der Waals surface area contributed by atoms with Crippen molar-refractivity contribution in [1.82, 2.24) is 4.90 Å². The Balaban J connectivity index is 2.26. The van der Waals surface area contributed by atoms with E-state index in [0.717, 1.165) is 24.2 Å². The van der Waals surface area contributed by atoms with Crippen molar-refractivity contribution in [3.05, 3.63) is 29.8 Å².